The van der Waals surface area contributed by atoms with E-state index >= 15 is 0 Å². The molecular formula is C16H16N2O2. The third kappa shape index (κ3) is 2.38. The number of hydrogen-bond acceptors (Lipinski definition) is 4. The normalized spacial score (nSPS) is 10.9. The Bertz CT molecular complexity index is 734. The van der Waals surface area contributed by atoms with Crippen molar-refractivity contribution in [1.29, 1.82) is 0 Å². The Kier molecular flexibility index (Phi) is 3.39. The van der Waals surface area contributed by atoms with E-state index < -0.39 is 0 Å². The molecule has 0 spiro atoms. The summed E-state index contributed by atoms with van der Waals surface area (Å²) in [6, 6.07) is 14.0. The third-order valence-corrected chi connectivity index (χ3v) is 3.25. The highest BCUT2D eigenvalue weighted by Crippen LogP contribution is 2.28. The second kappa shape index (κ2) is 5.35. The van der Waals surface area contributed by atoms with Crippen LogP contribution in [0.3, 0.4) is 0 Å². The summed E-state index contributed by atoms with van der Waals surface area (Å²) in [5.41, 5.74) is 7.74. The Morgan fingerprint density at radius 3 is 2.80 bits per heavy atom. The van der Waals surface area contributed by atoms with Crippen molar-refractivity contribution in [3.05, 3.63) is 59.5 Å². The Morgan fingerprint density at radius 2 is 2.05 bits per heavy atom. The molecule has 1 heterocycles. The SMILES string of the molecule is Cc1cc(COc2ccc3ccccc3c2CN)on1. The molecule has 2 aromatic carbocycles. The standard InChI is InChI=1S/C16H16N2O2/c1-11-8-13(20-18-11)10-19-16-7-6-12-4-2-3-5-14(12)15(16)9-17/h2-8H,9-10,17H2,1H3. The molecule has 0 fully saturated rings. The first-order valence-corrected chi connectivity index (χ1v) is 6.53. The number of aryl methyl sites for hydroxylation is 1. The lowest BCUT2D eigenvalue weighted by Crippen LogP contribution is -2.03. The first kappa shape index (κ1) is 12.7. The molecule has 102 valence electrons. The summed E-state index contributed by atoms with van der Waals surface area (Å²) in [4.78, 5) is 0. The minimum absolute atomic E-state index is 0.353. The number of fused-ring (bicyclic) bond motifs is 1. The highest BCUT2D eigenvalue weighted by Gasteiger charge is 2.09. The average molecular weight is 268 g/mol. The van der Waals surface area contributed by atoms with Crippen molar-refractivity contribution in [2.24, 2.45) is 5.73 Å². The van der Waals surface area contributed by atoms with Crippen LogP contribution in [0.15, 0.2) is 47.0 Å². The maximum Gasteiger partial charge on any atom is 0.174 e. The minimum atomic E-state index is 0.353. The van der Waals surface area contributed by atoms with Crippen molar-refractivity contribution < 1.29 is 9.26 Å². The zero-order valence-electron chi connectivity index (χ0n) is 11.3. The number of rotatable bonds is 4. The first-order valence-electron chi connectivity index (χ1n) is 6.53. The quantitative estimate of drug-likeness (QED) is 0.789. The van der Waals surface area contributed by atoms with Crippen LogP contribution in [-0.2, 0) is 13.2 Å². The molecule has 0 saturated heterocycles. The fraction of sp³-hybridized carbons (Fsp3) is 0.188. The molecule has 0 aliphatic carbocycles. The number of nitrogens with two attached hydrogens (primary N) is 1. The molecule has 0 aliphatic rings. The van der Waals surface area contributed by atoms with Gasteiger partial charge in [0.15, 0.2) is 5.76 Å². The van der Waals surface area contributed by atoms with Gasteiger partial charge in [-0.05, 0) is 23.8 Å². The van der Waals surface area contributed by atoms with Gasteiger partial charge in [-0.3, -0.25) is 0 Å². The van der Waals surface area contributed by atoms with Gasteiger partial charge >= 0.3 is 0 Å². The van der Waals surface area contributed by atoms with Crippen LogP contribution in [0.5, 0.6) is 5.75 Å². The maximum atomic E-state index is 5.87. The molecule has 2 N–H and O–H groups in total. The smallest absolute Gasteiger partial charge is 0.174 e. The van der Waals surface area contributed by atoms with E-state index in [-0.39, 0.29) is 0 Å². The highest BCUT2D eigenvalue weighted by atomic mass is 16.5. The van der Waals surface area contributed by atoms with Crippen molar-refractivity contribution >= 4 is 10.8 Å². The second-order valence-corrected chi connectivity index (χ2v) is 4.69. The van der Waals surface area contributed by atoms with Gasteiger partial charge in [0.1, 0.15) is 12.4 Å². The van der Waals surface area contributed by atoms with E-state index in [1.807, 2.05) is 37.3 Å². The van der Waals surface area contributed by atoms with Gasteiger partial charge in [-0.25, -0.2) is 0 Å². The van der Waals surface area contributed by atoms with Gasteiger partial charge in [-0.2, -0.15) is 0 Å². The Morgan fingerprint density at radius 1 is 1.20 bits per heavy atom. The van der Waals surface area contributed by atoms with Gasteiger partial charge in [0.2, 0.25) is 0 Å². The number of benzene rings is 2. The fourth-order valence-corrected chi connectivity index (χ4v) is 2.29. The van der Waals surface area contributed by atoms with Gasteiger partial charge in [0.25, 0.3) is 0 Å². The van der Waals surface area contributed by atoms with Crippen LogP contribution in [0.1, 0.15) is 17.0 Å². The Balaban J connectivity index is 1.91. The predicted molar refractivity (Wildman–Crippen MR) is 77.4 cm³/mol. The Hall–Kier alpha value is -2.33. The number of hydrogen-bond donors (Lipinski definition) is 1. The molecule has 20 heavy (non-hydrogen) atoms. The zero-order valence-corrected chi connectivity index (χ0v) is 11.3. The molecule has 0 saturated carbocycles. The molecule has 3 aromatic rings. The van der Waals surface area contributed by atoms with Crippen molar-refractivity contribution in [2.75, 3.05) is 0 Å². The van der Waals surface area contributed by atoms with Crippen LogP contribution in [-0.4, -0.2) is 5.16 Å². The van der Waals surface area contributed by atoms with Crippen LogP contribution >= 0.6 is 0 Å². The molecule has 0 atom stereocenters. The molecule has 3 rings (SSSR count). The van der Waals surface area contributed by atoms with Crippen molar-refractivity contribution in [3.8, 4) is 5.75 Å². The number of nitrogens with zero attached hydrogens (tertiary/aromatic N) is 1. The van der Waals surface area contributed by atoms with Gasteiger partial charge in [-0.1, -0.05) is 35.5 Å². The van der Waals surface area contributed by atoms with Crippen molar-refractivity contribution in [2.45, 2.75) is 20.1 Å². The largest absolute Gasteiger partial charge is 0.485 e. The zero-order chi connectivity index (χ0) is 13.9. The topological polar surface area (TPSA) is 61.3 Å². The van der Waals surface area contributed by atoms with Crippen LogP contribution < -0.4 is 10.5 Å². The van der Waals surface area contributed by atoms with E-state index in [1.54, 1.807) is 0 Å². The van der Waals surface area contributed by atoms with E-state index in [1.165, 1.54) is 0 Å². The summed E-state index contributed by atoms with van der Waals surface area (Å²) in [5.74, 6) is 1.50. The van der Waals surface area contributed by atoms with E-state index in [0.717, 1.165) is 27.8 Å². The molecule has 4 nitrogen and oxygen atoms in total. The van der Waals surface area contributed by atoms with Crippen molar-refractivity contribution in [3.63, 3.8) is 0 Å². The van der Waals surface area contributed by atoms with Crippen LogP contribution in [0.25, 0.3) is 10.8 Å². The van der Waals surface area contributed by atoms with Gasteiger partial charge < -0.3 is 15.0 Å². The number of ether oxygens (including phenoxy) is 1. The lowest BCUT2D eigenvalue weighted by atomic mass is 10.0. The lowest BCUT2D eigenvalue weighted by molar-refractivity contribution is 0.247. The van der Waals surface area contributed by atoms with E-state index in [0.29, 0.717) is 18.9 Å². The minimum Gasteiger partial charge on any atom is -0.485 e. The molecule has 1 aromatic heterocycles. The number of aromatic nitrogens is 1. The van der Waals surface area contributed by atoms with E-state index in [2.05, 4.69) is 17.3 Å². The van der Waals surface area contributed by atoms with Crippen molar-refractivity contribution in [1.82, 2.24) is 5.16 Å². The molecular weight excluding hydrogens is 252 g/mol. The van der Waals surface area contributed by atoms with Gasteiger partial charge in [-0.15, -0.1) is 0 Å². The first-order chi connectivity index (χ1) is 9.78. The molecule has 0 aliphatic heterocycles. The van der Waals surface area contributed by atoms with E-state index in [4.69, 9.17) is 15.0 Å². The fourth-order valence-electron chi connectivity index (χ4n) is 2.29. The Labute approximate surface area is 117 Å². The van der Waals surface area contributed by atoms with Gasteiger partial charge in [0, 0.05) is 18.2 Å². The van der Waals surface area contributed by atoms with Crippen LogP contribution in [0.2, 0.25) is 0 Å². The summed E-state index contributed by atoms with van der Waals surface area (Å²) >= 11 is 0. The molecule has 0 bridgehead atoms. The molecule has 0 unspecified atom stereocenters. The van der Waals surface area contributed by atoms with Crippen LogP contribution in [0, 0.1) is 6.92 Å². The maximum absolute atomic E-state index is 5.87. The van der Waals surface area contributed by atoms with E-state index in [9.17, 15) is 0 Å². The summed E-state index contributed by atoms with van der Waals surface area (Å²) in [6.07, 6.45) is 0. The average Bonchev–Trinajstić information content (AvgIpc) is 2.90. The lowest BCUT2D eigenvalue weighted by Gasteiger charge is -2.12. The molecule has 4 heteroatoms. The monoisotopic (exact) mass is 268 g/mol. The highest BCUT2D eigenvalue weighted by molar-refractivity contribution is 5.87. The summed E-state index contributed by atoms with van der Waals surface area (Å²) in [5, 5.41) is 6.13. The summed E-state index contributed by atoms with van der Waals surface area (Å²) in [7, 11) is 0. The molecule has 0 radical (unpaired) electrons. The summed E-state index contributed by atoms with van der Waals surface area (Å²) < 4.78 is 11.0. The van der Waals surface area contributed by atoms with Crippen LogP contribution in [0.4, 0.5) is 0 Å². The van der Waals surface area contributed by atoms with Gasteiger partial charge in [0.05, 0.1) is 5.69 Å². The predicted octanol–water partition coefficient (Wildman–Crippen LogP) is 3.17. The second-order valence-electron chi connectivity index (χ2n) is 4.69. The molecule has 0 amide bonds. The third-order valence-electron chi connectivity index (χ3n) is 3.25. The summed E-state index contributed by atoms with van der Waals surface area (Å²) in [6.45, 7) is 2.67.